The minimum Gasteiger partial charge on any atom is -0.497 e. The van der Waals surface area contributed by atoms with Gasteiger partial charge in [0.25, 0.3) is 0 Å². The van der Waals surface area contributed by atoms with Crippen molar-refractivity contribution < 1.29 is 28.6 Å². The van der Waals surface area contributed by atoms with Crippen LogP contribution >= 0.6 is 11.6 Å². The lowest BCUT2D eigenvalue weighted by atomic mass is 10.0. The highest BCUT2D eigenvalue weighted by Crippen LogP contribution is 2.26. The molecule has 2 aromatic rings. The predicted molar refractivity (Wildman–Crippen MR) is 106 cm³/mol. The Morgan fingerprint density at radius 2 is 1.83 bits per heavy atom. The van der Waals surface area contributed by atoms with Crippen molar-refractivity contribution in [3.8, 4) is 11.5 Å². The fraction of sp³-hybridized carbons (Fsp3) is 0.250. The Morgan fingerprint density at radius 1 is 1.10 bits per heavy atom. The number of amides is 2. The molecule has 2 amide bonds. The van der Waals surface area contributed by atoms with Gasteiger partial charge in [-0.15, -0.1) is 0 Å². The van der Waals surface area contributed by atoms with Gasteiger partial charge in [-0.25, -0.2) is 4.79 Å². The SMILES string of the molecule is COc1ccc(C(=O)COC(=O)C[C@H](NC(N)=O)c2ccccc2Cl)c(OC)c1. The third-order valence-electron chi connectivity index (χ3n) is 4.04. The van der Waals surface area contributed by atoms with Crippen LogP contribution in [-0.2, 0) is 9.53 Å². The number of methoxy groups -OCH3 is 2. The summed E-state index contributed by atoms with van der Waals surface area (Å²) in [6.07, 6.45) is -0.250. The molecule has 3 N–H and O–H groups in total. The van der Waals surface area contributed by atoms with Crippen molar-refractivity contribution in [2.75, 3.05) is 20.8 Å². The van der Waals surface area contributed by atoms with E-state index >= 15 is 0 Å². The standard InChI is InChI=1S/C20H21ClN2O6/c1-27-12-7-8-14(18(9-12)28-2)17(24)11-29-19(25)10-16(23-20(22)26)13-5-3-4-6-15(13)21/h3-9,16H,10-11H2,1-2H3,(H3,22,23,26)/t16-/m0/s1. The Balaban J connectivity index is 2.04. The average Bonchev–Trinajstić information content (AvgIpc) is 2.71. The van der Waals surface area contributed by atoms with Crippen molar-refractivity contribution in [2.45, 2.75) is 12.5 Å². The number of urea groups is 1. The monoisotopic (exact) mass is 420 g/mol. The molecule has 1 atom stereocenters. The molecule has 8 nitrogen and oxygen atoms in total. The predicted octanol–water partition coefficient (Wildman–Crippen LogP) is 2.88. The molecule has 0 aromatic heterocycles. The van der Waals surface area contributed by atoms with Crippen molar-refractivity contribution in [1.82, 2.24) is 5.32 Å². The number of ketones is 1. The van der Waals surface area contributed by atoms with Crippen molar-refractivity contribution in [3.63, 3.8) is 0 Å². The molecule has 0 radical (unpaired) electrons. The molecule has 0 aliphatic rings. The lowest BCUT2D eigenvalue weighted by Crippen LogP contribution is -2.35. The maximum absolute atomic E-state index is 12.4. The smallest absolute Gasteiger partial charge is 0.312 e. The number of nitrogens with two attached hydrogens (primary N) is 1. The molecule has 0 aliphatic carbocycles. The number of hydrogen-bond donors (Lipinski definition) is 2. The highest BCUT2D eigenvalue weighted by atomic mass is 35.5. The maximum Gasteiger partial charge on any atom is 0.312 e. The molecule has 2 rings (SSSR count). The summed E-state index contributed by atoms with van der Waals surface area (Å²) in [5.74, 6) is -0.329. The lowest BCUT2D eigenvalue weighted by Gasteiger charge is -2.18. The van der Waals surface area contributed by atoms with Crippen LogP contribution in [0.25, 0.3) is 0 Å². The van der Waals surface area contributed by atoms with E-state index in [9.17, 15) is 14.4 Å². The normalized spacial score (nSPS) is 11.3. The molecular weight excluding hydrogens is 400 g/mol. The topological polar surface area (TPSA) is 117 Å². The van der Waals surface area contributed by atoms with E-state index in [-0.39, 0.29) is 12.0 Å². The number of benzene rings is 2. The third kappa shape index (κ3) is 6.11. The zero-order valence-electron chi connectivity index (χ0n) is 15.9. The molecule has 154 valence electrons. The largest absolute Gasteiger partial charge is 0.497 e. The second-order valence-electron chi connectivity index (χ2n) is 5.94. The number of esters is 1. The highest BCUT2D eigenvalue weighted by Gasteiger charge is 2.22. The van der Waals surface area contributed by atoms with E-state index < -0.39 is 30.4 Å². The first-order chi connectivity index (χ1) is 13.8. The lowest BCUT2D eigenvalue weighted by molar-refractivity contribution is -0.143. The molecule has 0 heterocycles. The van der Waals surface area contributed by atoms with Gasteiger partial charge >= 0.3 is 12.0 Å². The van der Waals surface area contributed by atoms with Crippen LogP contribution < -0.4 is 20.5 Å². The summed E-state index contributed by atoms with van der Waals surface area (Å²) in [6.45, 7) is -0.493. The Bertz CT molecular complexity index is 902. The molecule has 0 saturated heterocycles. The molecule has 0 aliphatic heterocycles. The van der Waals surface area contributed by atoms with Gasteiger partial charge in [0.2, 0.25) is 5.78 Å². The van der Waals surface area contributed by atoms with Crippen molar-refractivity contribution in [1.29, 1.82) is 0 Å². The fourth-order valence-corrected chi connectivity index (χ4v) is 2.91. The summed E-state index contributed by atoms with van der Waals surface area (Å²) in [7, 11) is 2.91. The second-order valence-corrected chi connectivity index (χ2v) is 6.34. The third-order valence-corrected chi connectivity index (χ3v) is 4.39. The molecule has 0 bridgehead atoms. The Morgan fingerprint density at radius 3 is 2.45 bits per heavy atom. The number of ether oxygens (including phenoxy) is 3. The first kappa shape index (κ1) is 22.0. The summed E-state index contributed by atoms with van der Waals surface area (Å²) in [5, 5.41) is 2.81. The number of halogens is 1. The zero-order valence-corrected chi connectivity index (χ0v) is 16.7. The minimum atomic E-state index is -0.818. The van der Waals surface area contributed by atoms with Crippen molar-refractivity contribution in [3.05, 3.63) is 58.6 Å². The Hall–Kier alpha value is -3.26. The average molecular weight is 421 g/mol. The van der Waals surface area contributed by atoms with Crippen LogP contribution in [0.4, 0.5) is 4.79 Å². The summed E-state index contributed by atoms with van der Waals surface area (Å²) < 4.78 is 15.3. The Labute approximate surface area is 172 Å². The maximum atomic E-state index is 12.4. The van der Waals surface area contributed by atoms with Gasteiger partial charge in [-0.2, -0.15) is 0 Å². The van der Waals surface area contributed by atoms with E-state index in [2.05, 4.69) is 5.32 Å². The van der Waals surface area contributed by atoms with Gasteiger partial charge in [0, 0.05) is 11.1 Å². The summed E-state index contributed by atoms with van der Waals surface area (Å²) in [6, 6.07) is 9.77. The summed E-state index contributed by atoms with van der Waals surface area (Å²) in [5.41, 5.74) is 5.94. The van der Waals surface area contributed by atoms with Crippen LogP contribution in [-0.4, -0.2) is 38.6 Å². The summed E-state index contributed by atoms with van der Waals surface area (Å²) >= 11 is 6.13. The number of carbonyl (C=O) groups is 3. The highest BCUT2D eigenvalue weighted by molar-refractivity contribution is 6.31. The number of hydrogen-bond acceptors (Lipinski definition) is 6. The quantitative estimate of drug-likeness (QED) is 0.476. The molecular formula is C20H21ClN2O6. The van der Waals surface area contributed by atoms with Gasteiger partial charge in [0.1, 0.15) is 11.5 Å². The number of carbonyl (C=O) groups excluding carboxylic acids is 3. The first-order valence-corrected chi connectivity index (χ1v) is 8.94. The molecule has 2 aromatic carbocycles. The van der Waals surface area contributed by atoms with Gasteiger partial charge in [-0.3, -0.25) is 9.59 Å². The molecule has 0 saturated carbocycles. The Kier molecular flexibility index (Phi) is 7.85. The van der Waals surface area contributed by atoms with E-state index in [0.29, 0.717) is 22.1 Å². The van der Waals surface area contributed by atoms with Crippen molar-refractivity contribution in [2.24, 2.45) is 5.73 Å². The van der Waals surface area contributed by atoms with Crippen LogP contribution in [0.5, 0.6) is 11.5 Å². The summed E-state index contributed by atoms with van der Waals surface area (Å²) in [4.78, 5) is 35.9. The number of rotatable bonds is 9. The second kappa shape index (κ2) is 10.3. The first-order valence-electron chi connectivity index (χ1n) is 8.57. The van der Waals surface area contributed by atoms with E-state index in [1.54, 1.807) is 36.4 Å². The zero-order chi connectivity index (χ0) is 21.4. The van der Waals surface area contributed by atoms with Gasteiger partial charge in [0.05, 0.1) is 32.2 Å². The van der Waals surface area contributed by atoms with E-state index in [0.717, 1.165) is 0 Å². The molecule has 0 fully saturated rings. The van der Waals surface area contributed by atoms with Crippen LogP contribution in [0, 0.1) is 0 Å². The van der Waals surface area contributed by atoms with Gasteiger partial charge in [-0.1, -0.05) is 29.8 Å². The van der Waals surface area contributed by atoms with E-state index in [4.69, 9.17) is 31.5 Å². The van der Waals surface area contributed by atoms with Crippen LogP contribution in [0.15, 0.2) is 42.5 Å². The molecule has 9 heteroatoms. The van der Waals surface area contributed by atoms with Crippen LogP contribution in [0.2, 0.25) is 5.02 Å². The molecule has 0 spiro atoms. The molecule has 0 unspecified atom stereocenters. The van der Waals surface area contributed by atoms with Gasteiger partial charge in [0.15, 0.2) is 6.61 Å². The number of nitrogens with one attached hydrogen (secondary N) is 1. The minimum absolute atomic E-state index is 0.249. The van der Waals surface area contributed by atoms with Gasteiger partial charge < -0.3 is 25.3 Å². The number of Topliss-reactive ketones (excluding diaryl/α,β-unsaturated/α-hetero) is 1. The van der Waals surface area contributed by atoms with Crippen LogP contribution in [0.1, 0.15) is 28.4 Å². The van der Waals surface area contributed by atoms with E-state index in [1.165, 1.54) is 20.3 Å². The van der Waals surface area contributed by atoms with Gasteiger partial charge in [-0.05, 0) is 23.8 Å². The van der Waals surface area contributed by atoms with Crippen molar-refractivity contribution >= 4 is 29.4 Å². The fourth-order valence-electron chi connectivity index (χ4n) is 2.65. The van der Waals surface area contributed by atoms with Crippen LogP contribution in [0.3, 0.4) is 0 Å². The molecule has 29 heavy (non-hydrogen) atoms. The van der Waals surface area contributed by atoms with E-state index in [1.807, 2.05) is 0 Å². The number of primary amides is 1.